The number of allylic oxidation sites excluding steroid dienone is 1. The van der Waals surface area contributed by atoms with Crippen LogP contribution in [0.5, 0.6) is 0 Å². The highest BCUT2D eigenvalue weighted by molar-refractivity contribution is 7.19. The number of nitrogens with one attached hydrogen (secondary N) is 1. The Morgan fingerprint density at radius 3 is 2.26 bits per heavy atom. The zero-order chi connectivity index (χ0) is 20.5. The summed E-state index contributed by atoms with van der Waals surface area (Å²) >= 11 is 1.73. The number of esters is 1. The molecule has 0 aliphatic rings. The highest BCUT2D eigenvalue weighted by Crippen LogP contribution is 2.36. The lowest BCUT2D eigenvalue weighted by atomic mass is 9.97. The molecule has 1 aromatic heterocycles. The Morgan fingerprint density at radius 1 is 1.07 bits per heavy atom. The van der Waals surface area contributed by atoms with Crippen molar-refractivity contribution in [3.05, 3.63) is 39.4 Å². The number of hydrogen-bond donors (Lipinski definition) is 1. The monoisotopic (exact) mass is 389 g/mol. The fraction of sp³-hybridized carbons (Fsp3) is 0.429. The van der Waals surface area contributed by atoms with Crippen LogP contribution >= 0.6 is 11.3 Å². The van der Waals surface area contributed by atoms with Gasteiger partial charge in [0.05, 0.1) is 7.11 Å². The largest absolute Gasteiger partial charge is 0.464 e. The number of fused-ring (bicyclic) bond motifs is 1. The Labute approximate surface area is 164 Å². The first-order chi connectivity index (χ1) is 12.5. The summed E-state index contributed by atoms with van der Waals surface area (Å²) in [5.74, 6) is -0.614. The van der Waals surface area contributed by atoms with Crippen LogP contribution in [0.1, 0.15) is 49.3 Å². The molecule has 0 bridgehead atoms. The fourth-order valence-electron chi connectivity index (χ4n) is 2.88. The first-order valence-corrected chi connectivity index (χ1v) is 9.56. The Morgan fingerprint density at radius 2 is 1.70 bits per heavy atom. The van der Waals surface area contributed by atoms with E-state index >= 15 is 0 Å². The van der Waals surface area contributed by atoms with Crippen LogP contribution in [0.4, 0.5) is 4.79 Å². The number of rotatable bonds is 3. The molecular weight excluding hydrogens is 362 g/mol. The summed E-state index contributed by atoms with van der Waals surface area (Å²) in [5, 5.41) is 3.78. The van der Waals surface area contributed by atoms with E-state index in [4.69, 9.17) is 9.47 Å². The van der Waals surface area contributed by atoms with E-state index in [1.165, 1.54) is 27.6 Å². The van der Waals surface area contributed by atoms with Gasteiger partial charge in [0.25, 0.3) is 0 Å². The lowest BCUT2D eigenvalue weighted by Gasteiger charge is -2.21. The van der Waals surface area contributed by atoms with E-state index < -0.39 is 17.7 Å². The maximum Gasteiger partial charge on any atom is 0.412 e. The summed E-state index contributed by atoms with van der Waals surface area (Å²) in [7, 11) is 1.29. The number of ether oxygens (including phenoxy) is 2. The quantitative estimate of drug-likeness (QED) is 0.575. The summed E-state index contributed by atoms with van der Waals surface area (Å²) < 4.78 is 11.3. The second-order valence-corrected chi connectivity index (χ2v) is 8.74. The third kappa shape index (κ3) is 4.50. The minimum absolute atomic E-state index is 0.0826. The molecule has 146 valence electrons. The molecule has 2 rings (SSSR count). The van der Waals surface area contributed by atoms with Crippen molar-refractivity contribution in [2.45, 2.75) is 54.1 Å². The Kier molecular flexibility index (Phi) is 6.00. The molecule has 0 spiro atoms. The van der Waals surface area contributed by atoms with Gasteiger partial charge in [0.15, 0.2) is 0 Å². The summed E-state index contributed by atoms with van der Waals surface area (Å²) in [6, 6.07) is 4.04. The molecule has 1 aromatic carbocycles. The highest BCUT2D eigenvalue weighted by atomic mass is 32.1. The Balaban J connectivity index is 2.55. The molecule has 1 amide bonds. The van der Waals surface area contributed by atoms with E-state index in [0.717, 1.165) is 11.1 Å². The average molecular weight is 390 g/mol. The molecule has 0 unspecified atom stereocenters. The molecule has 0 fully saturated rings. The number of alkyl carbamates (subject to hydrolysis) is 1. The number of thiophene rings is 1. The third-order valence-electron chi connectivity index (χ3n) is 4.39. The van der Waals surface area contributed by atoms with E-state index in [1.807, 2.05) is 13.0 Å². The average Bonchev–Trinajstić information content (AvgIpc) is 2.86. The van der Waals surface area contributed by atoms with Gasteiger partial charge in [0.2, 0.25) is 0 Å². The highest BCUT2D eigenvalue weighted by Gasteiger charge is 2.23. The van der Waals surface area contributed by atoms with Crippen molar-refractivity contribution < 1.29 is 19.1 Å². The third-order valence-corrected chi connectivity index (χ3v) is 5.73. The van der Waals surface area contributed by atoms with Crippen molar-refractivity contribution in [1.82, 2.24) is 5.32 Å². The zero-order valence-electron chi connectivity index (χ0n) is 17.2. The van der Waals surface area contributed by atoms with Gasteiger partial charge >= 0.3 is 12.1 Å². The molecule has 0 atom stereocenters. The molecule has 0 saturated carbocycles. The standard InChI is InChI=1S/C21H27NO4S/c1-11-14(4)27-18-13(3)15(9-10-16(11)18)12(2)17(19(23)25-8)22-20(24)26-21(5,6)7/h9-10H,1-8H3,(H,22,24)/b17-12+. The summed E-state index contributed by atoms with van der Waals surface area (Å²) in [6.45, 7) is 13.3. The maximum atomic E-state index is 12.3. The molecule has 0 aliphatic heterocycles. The number of methoxy groups -OCH3 is 1. The topological polar surface area (TPSA) is 64.6 Å². The van der Waals surface area contributed by atoms with Gasteiger partial charge in [-0.05, 0) is 76.1 Å². The van der Waals surface area contributed by atoms with E-state index in [-0.39, 0.29) is 5.70 Å². The fourth-order valence-corrected chi connectivity index (χ4v) is 4.05. The van der Waals surface area contributed by atoms with Crippen LogP contribution in [-0.2, 0) is 14.3 Å². The van der Waals surface area contributed by atoms with Crippen LogP contribution < -0.4 is 5.32 Å². The van der Waals surface area contributed by atoms with Crippen LogP contribution in [0.2, 0.25) is 0 Å². The molecule has 1 N–H and O–H groups in total. The van der Waals surface area contributed by atoms with Gasteiger partial charge in [-0.25, -0.2) is 9.59 Å². The van der Waals surface area contributed by atoms with Crippen LogP contribution in [0.25, 0.3) is 15.7 Å². The van der Waals surface area contributed by atoms with E-state index in [0.29, 0.717) is 5.57 Å². The zero-order valence-corrected chi connectivity index (χ0v) is 18.0. The molecule has 6 heteroatoms. The van der Waals surface area contributed by atoms with Crippen molar-refractivity contribution in [1.29, 1.82) is 0 Å². The van der Waals surface area contributed by atoms with Crippen molar-refractivity contribution >= 4 is 39.1 Å². The lowest BCUT2D eigenvalue weighted by molar-refractivity contribution is -0.136. The van der Waals surface area contributed by atoms with E-state index in [1.54, 1.807) is 39.0 Å². The molecule has 2 aromatic rings. The smallest absolute Gasteiger partial charge is 0.412 e. The molecule has 5 nitrogen and oxygen atoms in total. The van der Waals surface area contributed by atoms with Crippen molar-refractivity contribution in [3.63, 3.8) is 0 Å². The van der Waals surface area contributed by atoms with E-state index in [9.17, 15) is 9.59 Å². The van der Waals surface area contributed by atoms with Gasteiger partial charge in [-0.15, -0.1) is 11.3 Å². The number of carbonyl (C=O) groups excluding carboxylic acids is 2. The van der Waals surface area contributed by atoms with Crippen molar-refractivity contribution in [2.75, 3.05) is 7.11 Å². The molecular formula is C21H27NO4S. The minimum Gasteiger partial charge on any atom is -0.464 e. The lowest BCUT2D eigenvalue weighted by Crippen LogP contribution is -2.35. The first-order valence-electron chi connectivity index (χ1n) is 8.75. The second kappa shape index (κ2) is 7.72. The van der Waals surface area contributed by atoms with Crippen LogP contribution in [-0.4, -0.2) is 24.8 Å². The first kappa shape index (κ1) is 21.0. The van der Waals surface area contributed by atoms with Gasteiger partial charge in [0, 0.05) is 9.58 Å². The molecule has 0 aliphatic carbocycles. The maximum absolute atomic E-state index is 12.3. The number of aryl methyl sites for hydroxylation is 3. The predicted octanol–water partition coefficient (Wildman–Crippen LogP) is 5.26. The Bertz CT molecular complexity index is 932. The van der Waals surface area contributed by atoms with Gasteiger partial charge in [-0.3, -0.25) is 5.32 Å². The number of benzene rings is 1. The summed E-state index contributed by atoms with van der Waals surface area (Å²) in [6.07, 6.45) is -0.691. The van der Waals surface area contributed by atoms with Gasteiger partial charge < -0.3 is 9.47 Å². The summed E-state index contributed by atoms with van der Waals surface area (Å²) in [4.78, 5) is 25.8. The van der Waals surface area contributed by atoms with E-state index in [2.05, 4.69) is 25.2 Å². The molecule has 1 heterocycles. The number of carbonyl (C=O) groups is 2. The van der Waals surface area contributed by atoms with Crippen LogP contribution in [0, 0.1) is 20.8 Å². The molecule has 0 radical (unpaired) electrons. The number of amides is 1. The van der Waals surface area contributed by atoms with Crippen LogP contribution in [0.3, 0.4) is 0 Å². The van der Waals surface area contributed by atoms with Gasteiger partial charge in [0.1, 0.15) is 11.3 Å². The molecule has 0 saturated heterocycles. The predicted molar refractivity (Wildman–Crippen MR) is 110 cm³/mol. The SMILES string of the molecule is COC(=O)/C(NC(=O)OC(C)(C)C)=C(/C)c1ccc2c(C)c(C)sc2c1C. The van der Waals surface area contributed by atoms with Gasteiger partial charge in [-0.2, -0.15) is 0 Å². The van der Waals surface area contributed by atoms with Gasteiger partial charge in [-0.1, -0.05) is 12.1 Å². The normalized spacial score (nSPS) is 12.6. The van der Waals surface area contributed by atoms with Crippen molar-refractivity contribution in [2.24, 2.45) is 0 Å². The number of hydrogen-bond acceptors (Lipinski definition) is 5. The summed E-state index contributed by atoms with van der Waals surface area (Å²) in [5.41, 5.74) is 3.28. The Hall–Kier alpha value is -2.34. The minimum atomic E-state index is -0.691. The van der Waals surface area contributed by atoms with Crippen LogP contribution in [0.15, 0.2) is 17.8 Å². The molecule has 27 heavy (non-hydrogen) atoms. The second-order valence-electron chi connectivity index (χ2n) is 7.52. The van der Waals surface area contributed by atoms with Crippen molar-refractivity contribution in [3.8, 4) is 0 Å².